The average molecular weight is 220 g/mol. The van der Waals surface area contributed by atoms with Crippen LogP contribution in [0.3, 0.4) is 0 Å². The van der Waals surface area contributed by atoms with Gasteiger partial charge in [-0.3, -0.25) is 0 Å². The maximum atomic E-state index is 8.77. The normalized spacial score (nSPS) is 10.3. The van der Waals surface area contributed by atoms with Crippen LogP contribution >= 0.6 is 23.1 Å². The molecule has 2 aromatic rings. The first-order valence-corrected chi connectivity index (χ1v) is 6.06. The highest BCUT2D eigenvalue weighted by Gasteiger charge is 2.05. The van der Waals surface area contributed by atoms with Gasteiger partial charge in [0.25, 0.3) is 0 Å². The van der Waals surface area contributed by atoms with Gasteiger partial charge in [0.2, 0.25) is 0 Å². The van der Waals surface area contributed by atoms with E-state index in [-0.39, 0.29) is 0 Å². The molecule has 2 N–H and O–H groups in total. The molecule has 2 rings (SSSR count). The summed E-state index contributed by atoms with van der Waals surface area (Å²) < 4.78 is 1.01. The van der Waals surface area contributed by atoms with Crippen LogP contribution in [0.15, 0.2) is 23.1 Å². The van der Waals surface area contributed by atoms with Gasteiger partial charge in [0.15, 0.2) is 0 Å². The van der Waals surface area contributed by atoms with Crippen LogP contribution in [0.25, 0.3) is 10.1 Å². The minimum absolute atomic E-state index is 0.713. The maximum Gasteiger partial charge on any atom is 0.110 e. The molecule has 0 bridgehead atoms. The molecule has 0 aliphatic heterocycles. The zero-order valence-corrected chi connectivity index (χ0v) is 9.21. The summed E-state index contributed by atoms with van der Waals surface area (Å²) in [5.41, 5.74) is 6.65. The zero-order chi connectivity index (χ0) is 10.1. The second-order valence-corrected chi connectivity index (χ2v) is 4.79. The van der Waals surface area contributed by atoms with Gasteiger partial charge in [-0.1, -0.05) is 0 Å². The van der Waals surface area contributed by atoms with Gasteiger partial charge in [0.1, 0.15) is 10.9 Å². The van der Waals surface area contributed by atoms with Gasteiger partial charge in [-0.25, -0.2) is 0 Å². The summed E-state index contributed by atoms with van der Waals surface area (Å²) in [5, 5.41) is 9.84. The Morgan fingerprint density at radius 3 is 2.86 bits per heavy atom. The predicted molar refractivity (Wildman–Crippen MR) is 62.7 cm³/mol. The third kappa shape index (κ3) is 1.45. The Balaban J connectivity index is 2.75. The first-order valence-electron chi connectivity index (χ1n) is 4.01. The molecule has 0 spiro atoms. The fourth-order valence-electron chi connectivity index (χ4n) is 1.32. The molecular weight excluding hydrogens is 212 g/mol. The lowest BCUT2D eigenvalue weighted by atomic mass is 10.2. The molecule has 4 heteroatoms. The van der Waals surface area contributed by atoms with Crippen molar-refractivity contribution in [2.24, 2.45) is 0 Å². The standard InChI is InChI=1S/C10H8N2S2/c1-13-7-2-6-3-8(5-11)14-10(6)9(12)4-7/h2-4H,12H2,1H3. The lowest BCUT2D eigenvalue weighted by Gasteiger charge is -1.99. The van der Waals surface area contributed by atoms with Gasteiger partial charge in [-0.15, -0.1) is 23.1 Å². The summed E-state index contributed by atoms with van der Waals surface area (Å²) >= 11 is 3.10. The fraction of sp³-hybridized carbons (Fsp3) is 0.100. The summed E-state index contributed by atoms with van der Waals surface area (Å²) in [6.07, 6.45) is 2.01. The molecule has 2 nitrogen and oxygen atoms in total. The highest BCUT2D eigenvalue weighted by molar-refractivity contribution is 7.98. The van der Waals surface area contributed by atoms with E-state index in [2.05, 4.69) is 12.1 Å². The number of rotatable bonds is 1. The molecule has 0 atom stereocenters. The Kier molecular flexibility index (Phi) is 2.36. The van der Waals surface area contributed by atoms with E-state index in [4.69, 9.17) is 11.0 Å². The number of nitrogen functional groups attached to an aromatic ring is 1. The number of fused-ring (bicyclic) bond motifs is 1. The van der Waals surface area contributed by atoms with Crippen LogP contribution in [-0.4, -0.2) is 6.26 Å². The smallest absolute Gasteiger partial charge is 0.110 e. The second-order valence-electron chi connectivity index (χ2n) is 2.86. The van der Waals surface area contributed by atoms with Gasteiger partial charge in [-0.05, 0) is 29.8 Å². The van der Waals surface area contributed by atoms with Gasteiger partial charge in [0.05, 0.1) is 10.4 Å². The van der Waals surface area contributed by atoms with Crippen LogP contribution in [0.4, 0.5) is 5.69 Å². The summed E-state index contributed by atoms with van der Waals surface area (Å²) in [5.74, 6) is 0. The minimum Gasteiger partial charge on any atom is -0.398 e. The van der Waals surface area contributed by atoms with Crippen molar-refractivity contribution in [1.29, 1.82) is 5.26 Å². The largest absolute Gasteiger partial charge is 0.398 e. The van der Waals surface area contributed by atoms with Crippen molar-refractivity contribution in [2.45, 2.75) is 4.90 Å². The van der Waals surface area contributed by atoms with E-state index in [0.29, 0.717) is 4.88 Å². The number of nitrogens with zero attached hydrogens (tertiary/aromatic N) is 1. The summed E-state index contributed by atoms with van der Waals surface area (Å²) in [6, 6.07) is 8.03. The quantitative estimate of drug-likeness (QED) is 0.593. The molecule has 1 heterocycles. The molecule has 0 fully saturated rings. The molecular formula is C10H8N2S2. The molecule has 0 unspecified atom stereocenters. The molecule has 1 aromatic heterocycles. The average Bonchev–Trinajstić information content (AvgIpc) is 2.61. The Morgan fingerprint density at radius 2 is 2.21 bits per heavy atom. The van der Waals surface area contributed by atoms with Crippen LogP contribution in [0.2, 0.25) is 0 Å². The van der Waals surface area contributed by atoms with E-state index in [9.17, 15) is 0 Å². The SMILES string of the molecule is CSc1cc(N)c2sc(C#N)cc2c1. The third-order valence-electron chi connectivity index (χ3n) is 1.96. The number of hydrogen-bond acceptors (Lipinski definition) is 4. The van der Waals surface area contributed by atoms with Crippen LogP contribution in [0.1, 0.15) is 4.88 Å². The second kappa shape index (κ2) is 3.52. The summed E-state index contributed by atoms with van der Waals surface area (Å²) in [6.45, 7) is 0. The molecule has 0 saturated heterocycles. The predicted octanol–water partition coefficient (Wildman–Crippen LogP) is 3.08. The topological polar surface area (TPSA) is 49.8 Å². The maximum absolute atomic E-state index is 8.77. The third-order valence-corrected chi connectivity index (χ3v) is 3.78. The Hall–Kier alpha value is -1.18. The van der Waals surface area contributed by atoms with E-state index in [0.717, 1.165) is 20.7 Å². The molecule has 0 aliphatic carbocycles. The van der Waals surface area contributed by atoms with Gasteiger partial charge < -0.3 is 5.73 Å². The number of benzene rings is 1. The Morgan fingerprint density at radius 1 is 1.43 bits per heavy atom. The number of nitriles is 1. The van der Waals surface area contributed by atoms with E-state index >= 15 is 0 Å². The van der Waals surface area contributed by atoms with Crippen LogP contribution in [0, 0.1) is 11.3 Å². The molecule has 0 saturated carbocycles. The molecule has 0 amide bonds. The van der Waals surface area contributed by atoms with Crippen molar-refractivity contribution < 1.29 is 0 Å². The number of hydrogen-bond donors (Lipinski definition) is 1. The monoisotopic (exact) mass is 220 g/mol. The summed E-state index contributed by atoms with van der Waals surface area (Å²) in [7, 11) is 0. The van der Waals surface area contributed by atoms with Crippen LogP contribution in [0.5, 0.6) is 0 Å². The van der Waals surface area contributed by atoms with E-state index in [1.54, 1.807) is 11.8 Å². The first-order chi connectivity index (χ1) is 6.74. The molecule has 0 aliphatic rings. The van der Waals surface area contributed by atoms with Crippen molar-refractivity contribution in [3.63, 3.8) is 0 Å². The van der Waals surface area contributed by atoms with Gasteiger partial charge in [-0.2, -0.15) is 5.26 Å². The number of anilines is 1. The first kappa shape index (κ1) is 9.38. The zero-order valence-electron chi connectivity index (χ0n) is 7.57. The van der Waals surface area contributed by atoms with Crippen molar-refractivity contribution in [2.75, 3.05) is 12.0 Å². The highest BCUT2D eigenvalue weighted by Crippen LogP contribution is 2.33. The molecule has 1 aromatic carbocycles. The minimum atomic E-state index is 0.713. The molecule has 0 radical (unpaired) electrons. The number of thioether (sulfide) groups is 1. The van der Waals surface area contributed by atoms with Gasteiger partial charge >= 0.3 is 0 Å². The van der Waals surface area contributed by atoms with Crippen molar-refractivity contribution in [3.8, 4) is 6.07 Å². The number of nitrogens with two attached hydrogens (primary N) is 1. The van der Waals surface area contributed by atoms with Crippen LogP contribution < -0.4 is 5.73 Å². The van der Waals surface area contributed by atoms with E-state index in [1.807, 2.05) is 18.4 Å². The van der Waals surface area contributed by atoms with Crippen molar-refractivity contribution in [1.82, 2.24) is 0 Å². The summed E-state index contributed by atoms with van der Waals surface area (Å²) in [4.78, 5) is 1.85. The number of thiophene rings is 1. The highest BCUT2D eigenvalue weighted by atomic mass is 32.2. The lowest BCUT2D eigenvalue weighted by molar-refractivity contribution is 1.52. The van der Waals surface area contributed by atoms with Crippen molar-refractivity contribution >= 4 is 38.9 Å². The Labute approximate surface area is 90.3 Å². The van der Waals surface area contributed by atoms with E-state index < -0.39 is 0 Å². The van der Waals surface area contributed by atoms with E-state index in [1.165, 1.54) is 11.3 Å². The van der Waals surface area contributed by atoms with Crippen LogP contribution in [-0.2, 0) is 0 Å². The fourth-order valence-corrected chi connectivity index (χ4v) is 2.68. The van der Waals surface area contributed by atoms with Crippen molar-refractivity contribution in [3.05, 3.63) is 23.1 Å². The molecule has 70 valence electrons. The Bertz CT molecular complexity index is 523. The molecule has 14 heavy (non-hydrogen) atoms. The van der Waals surface area contributed by atoms with Gasteiger partial charge in [0, 0.05) is 4.90 Å². The lowest BCUT2D eigenvalue weighted by Crippen LogP contribution is -1.84.